The normalized spacial score (nSPS) is 24.6. The highest BCUT2D eigenvalue weighted by atomic mass is 19.4. The topological polar surface area (TPSA) is 37.2 Å². The maximum Gasteiger partial charge on any atom is 0.431 e. The van der Waals surface area contributed by atoms with Gasteiger partial charge in [0.1, 0.15) is 5.71 Å². The minimum Gasteiger partial charge on any atom is -0.484 e. The summed E-state index contributed by atoms with van der Waals surface area (Å²) in [4.78, 5) is 4.53. The summed E-state index contributed by atoms with van der Waals surface area (Å²) in [5, 5.41) is 5.33. The quantitative estimate of drug-likeness (QED) is 0.807. The lowest BCUT2D eigenvalue weighted by Crippen LogP contribution is -2.32. The Labute approximate surface area is 145 Å². The molecule has 2 atom stereocenters. The number of hydrazone groups is 1. The lowest BCUT2D eigenvalue weighted by molar-refractivity contribution is -0.0622. The van der Waals surface area contributed by atoms with Crippen molar-refractivity contribution in [2.75, 3.05) is 18.7 Å². The van der Waals surface area contributed by atoms with Gasteiger partial charge in [-0.25, -0.2) is 0 Å². The van der Waals surface area contributed by atoms with Crippen molar-refractivity contribution < 1.29 is 17.9 Å². The van der Waals surface area contributed by atoms with Crippen LogP contribution < -0.4 is 5.01 Å². The molecule has 7 heteroatoms. The SMILES string of the molecule is COC1=NC(CC2CN(c3ccccc3)N=C2C(F)(F)F)CCCC1. The van der Waals surface area contributed by atoms with Gasteiger partial charge < -0.3 is 4.74 Å². The molecule has 0 amide bonds. The molecule has 2 aliphatic heterocycles. The number of rotatable bonds is 3. The summed E-state index contributed by atoms with van der Waals surface area (Å²) in [6.45, 7) is 0.229. The number of aliphatic imine (C=N–C) groups is 1. The molecule has 1 aromatic carbocycles. The maximum atomic E-state index is 13.5. The molecule has 0 aromatic heterocycles. The minimum absolute atomic E-state index is 0.147. The van der Waals surface area contributed by atoms with E-state index in [0.29, 0.717) is 18.0 Å². The van der Waals surface area contributed by atoms with Crippen LogP contribution in [0.5, 0.6) is 0 Å². The van der Waals surface area contributed by atoms with Gasteiger partial charge >= 0.3 is 6.18 Å². The van der Waals surface area contributed by atoms with Gasteiger partial charge in [0.05, 0.1) is 25.4 Å². The second kappa shape index (κ2) is 7.45. The van der Waals surface area contributed by atoms with E-state index in [2.05, 4.69) is 10.1 Å². The molecule has 136 valence electrons. The highest BCUT2D eigenvalue weighted by molar-refractivity contribution is 5.95. The standard InChI is InChI=1S/C18H22F3N3O/c1-25-16-10-6-5-7-14(22-16)11-13-12-24(15-8-3-2-4-9-15)23-17(13)18(19,20)21/h2-4,8-9,13-14H,5-7,10-12H2,1H3. The zero-order chi connectivity index (χ0) is 17.9. The zero-order valence-corrected chi connectivity index (χ0v) is 14.2. The second-order valence-electron chi connectivity index (χ2n) is 6.46. The smallest absolute Gasteiger partial charge is 0.431 e. The van der Waals surface area contributed by atoms with E-state index in [-0.39, 0.29) is 12.6 Å². The molecule has 0 radical (unpaired) electrons. The molecule has 0 saturated carbocycles. The van der Waals surface area contributed by atoms with E-state index < -0.39 is 17.8 Å². The summed E-state index contributed by atoms with van der Waals surface area (Å²) in [5.74, 6) is -0.0314. The third kappa shape index (κ3) is 4.32. The Balaban J connectivity index is 1.79. The van der Waals surface area contributed by atoms with Crippen molar-refractivity contribution in [3.8, 4) is 0 Å². The number of halogens is 3. The van der Waals surface area contributed by atoms with Crippen LogP contribution in [0.25, 0.3) is 0 Å². The van der Waals surface area contributed by atoms with E-state index >= 15 is 0 Å². The van der Waals surface area contributed by atoms with Crippen molar-refractivity contribution in [1.29, 1.82) is 0 Å². The molecule has 0 N–H and O–H groups in total. The summed E-state index contributed by atoms with van der Waals surface area (Å²) in [6.07, 6.45) is -0.617. The number of ether oxygens (including phenoxy) is 1. The molecule has 1 aromatic rings. The first-order valence-corrected chi connectivity index (χ1v) is 8.56. The number of anilines is 1. The maximum absolute atomic E-state index is 13.5. The highest BCUT2D eigenvalue weighted by Gasteiger charge is 2.46. The lowest BCUT2D eigenvalue weighted by Gasteiger charge is -2.20. The van der Waals surface area contributed by atoms with Gasteiger partial charge in [-0.2, -0.15) is 18.3 Å². The average Bonchev–Trinajstić information content (AvgIpc) is 2.89. The molecule has 0 aliphatic carbocycles. The van der Waals surface area contributed by atoms with E-state index in [9.17, 15) is 13.2 Å². The van der Waals surface area contributed by atoms with Gasteiger partial charge in [-0.05, 0) is 31.4 Å². The number of nitrogens with zero attached hydrogens (tertiary/aromatic N) is 3. The number of alkyl halides is 3. The lowest BCUT2D eigenvalue weighted by atomic mass is 9.93. The van der Waals surface area contributed by atoms with Crippen molar-refractivity contribution >= 4 is 17.3 Å². The van der Waals surface area contributed by atoms with Gasteiger partial charge in [0.25, 0.3) is 0 Å². The Morgan fingerprint density at radius 2 is 1.96 bits per heavy atom. The number of methoxy groups -OCH3 is 1. The van der Waals surface area contributed by atoms with E-state index in [1.807, 2.05) is 6.07 Å². The van der Waals surface area contributed by atoms with E-state index in [4.69, 9.17) is 4.74 Å². The predicted molar refractivity (Wildman–Crippen MR) is 92.1 cm³/mol. The predicted octanol–water partition coefficient (Wildman–Crippen LogP) is 4.42. The zero-order valence-electron chi connectivity index (χ0n) is 14.2. The van der Waals surface area contributed by atoms with E-state index in [0.717, 1.165) is 25.7 Å². The molecular weight excluding hydrogens is 331 g/mol. The molecular formula is C18H22F3N3O. The summed E-state index contributed by atoms with van der Waals surface area (Å²) < 4.78 is 45.6. The Bertz CT molecular complexity index is 643. The number of para-hydroxylation sites is 1. The fraction of sp³-hybridized carbons (Fsp3) is 0.556. The van der Waals surface area contributed by atoms with Crippen LogP contribution in [0, 0.1) is 5.92 Å². The van der Waals surface area contributed by atoms with Crippen molar-refractivity contribution in [2.45, 2.75) is 44.3 Å². The largest absolute Gasteiger partial charge is 0.484 e. The van der Waals surface area contributed by atoms with Gasteiger partial charge in [-0.3, -0.25) is 10.0 Å². The van der Waals surface area contributed by atoms with Crippen LogP contribution >= 0.6 is 0 Å². The molecule has 0 fully saturated rings. The first-order chi connectivity index (χ1) is 12.0. The Morgan fingerprint density at radius 3 is 2.64 bits per heavy atom. The summed E-state index contributed by atoms with van der Waals surface area (Å²) in [5.41, 5.74) is -0.0246. The van der Waals surface area contributed by atoms with Crippen LogP contribution in [0.4, 0.5) is 18.9 Å². The summed E-state index contributed by atoms with van der Waals surface area (Å²) in [7, 11) is 1.57. The monoisotopic (exact) mass is 353 g/mol. The van der Waals surface area contributed by atoms with E-state index in [1.165, 1.54) is 5.01 Å². The van der Waals surface area contributed by atoms with E-state index in [1.54, 1.807) is 31.4 Å². The van der Waals surface area contributed by atoms with Crippen molar-refractivity contribution in [2.24, 2.45) is 16.0 Å². The molecule has 0 bridgehead atoms. The molecule has 4 nitrogen and oxygen atoms in total. The number of hydrogen-bond acceptors (Lipinski definition) is 4. The number of hydrogen-bond donors (Lipinski definition) is 0. The van der Waals surface area contributed by atoms with Gasteiger partial charge in [0.2, 0.25) is 0 Å². The third-order valence-electron chi connectivity index (χ3n) is 4.65. The van der Waals surface area contributed by atoms with Crippen LogP contribution in [0.15, 0.2) is 40.4 Å². The van der Waals surface area contributed by atoms with Gasteiger partial charge in [-0.1, -0.05) is 24.6 Å². The van der Waals surface area contributed by atoms with Crippen LogP contribution in [-0.4, -0.2) is 37.5 Å². The molecule has 0 saturated heterocycles. The molecule has 25 heavy (non-hydrogen) atoms. The van der Waals surface area contributed by atoms with Crippen molar-refractivity contribution in [1.82, 2.24) is 0 Å². The van der Waals surface area contributed by atoms with Crippen molar-refractivity contribution in [3.63, 3.8) is 0 Å². The first kappa shape index (κ1) is 17.8. The first-order valence-electron chi connectivity index (χ1n) is 8.56. The molecule has 2 heterocycles. The van der Waals surface area contributed by atoms with Gasteiger partial charge in [-0.15, -0.1) is 0 Å². The Morgan fingerprint density at radius 1 is 1.20 bits per heavy atom. The molecule has 0 spiro atoms. The molecule has 2 aliphatic rings. The molecule has 3 rings (SSSR count). The van der Waals surface area contributed by atoms with Gasteiger partial charge in [0, 0.05) is 12.3 Å². The van der Waals surface area contributed by atoms with Crippen LogP contribution in [-0.2, 0) is 4.74 Å². The van der Waals surface area contributed by atoms with Gasteiger partial charge in [0.15, 0.2) is 5.90 Å². The summed E-state index contributed by atoms with van der Waals surface area (Å²) >= 11 is 0. The van der Waals surface area contributed by atoms with Crippen LogP contribution in [0.3, 0.4) is 0 Å². The van der Waals surface area contributed by atoms with Crippen LogP contribution in [0.1, 0.15) is 32.1 Å². The Kier molecular flexibility index (Phi) is 5.30. The van der Waals surface area contributed by atoms with Crippen LogP contribution in [0.2, 0.25) is 0 Å². The minimum atomic E-state index is -4.42. The van der Waals surface area contributed by atoms with Crippen molar-refractivity contribution in [3.05, 3.63) is 30.3 Å². The molecule has 2 unspecified atom stereocenters. The Hall–Kier alpha value is -2.05. The second-order valence-corrected chi connectivity index (χ2v) is 6.46. The summed E-state index contributed by atoms with van der Waals surface area (Å²) in [6, 6.07) is 8.82. The fourth-order valence-electron chi connectivity index (χ4n) is 3.43. The highest BCUT2D eigenvalue weighted by Crippen LogP contribution is 2.34. The fourth-order valence-corrected chi connectivity index (χ4v) is 3.43. The average molecular weight is 353 g/mol. The third-order valence-corrected chi connectivity index (χ3v) is 4.65. The number of benzene rings is 1.